The summed E-state index contributed by atoms with van der Waals surface area (Å²) in [4.78, 5) is 23.6. The van der Waals surface area contributed by atoms with E-state index in [4.69, 9.17) is 16.1 Å². The van der Waals surface area contributed by atoms with Gasteiger partial charge in [-0.15, -0.1) is 0 Å². The molecule has 0 fully saturated rings. The Morgan fingerprint density at radius 2 is 1.91 bits per heavy atom. The normalized spacial score (nSPS) is 11.1. The molecule has 0 spiro atoms. The molecule has 3 aromatic heterocycles. The molecule has 34 heavy (non-hydrogen) atoms. The molecule has 0 aliphatic heterocycles. The lowest BCUT2D eigenvalue weighted by Gasteiger charge is -2.07. The maximum absolute atomic E-state index is 13.1. The summed E-state index contributed by atoms with van der Waals surface area (Å²) in [5.41, 5.74) is 4.11. The van der Waals surface area contributed by atoms with Gasteiger partial charge in [0, 0.05) is 5.02 Å². The number of hydrogen-bond acceptors (Lipinski definition) is 7. The zero-order chi connectivity index (χ0) is 24.6. The molecule has 176 valence electrons. The van der Waals surface area contributed by atoms with Gasteiger partial charge in [-0.05, 0) is 50.3 Å². The average Bonchev–Trinajstić information content (AvgIpc) is 3.41. The molecule has 1 aromatic carbocycles. The predicted octanol–water partition coefficient (Wildman–Crippen LogP) is 4.21. The molecule has 4 aromatic rings. The molecule has 11 nitrogen and oxygen atoms in total. The van der Waals surface area contributed by atoms with Crippen LogP contribution in [0.4, 0.5) is 11.5 Å². The molecule has 4 rings (SSSR count). The summed E-state index contributed by atoms with van der Waals surface area (Å²) < 4.78 is 8.49. The highest BCUT2D eigenvalue weighted by atomic mass is 35.5. The van der Waals surface area contributed by atoms with Gasteiger partial charge in [0.25, 0.3) is 5.91 Å². The standard InChI is InChI=1S/C22H22ClN7O4/c1-12-8-19(30(32)33)26-28(12)11-18-15(4)34-27-21(18)22(31)24-20-13(2)25-29(14(20)3)10-16-6-5-7-17(23)9-16/h5-9H,10-11H2,1-4H3,(H,24,31). The monoisotopic (exact) mass is 483 g/mol. The Balaban J connectivity index is 1.57. The highest BCUT2D eigenvalue weighted by Gasteiger charge is 2.25. The summed E-state index contributed by atoms with van der Waals surface area (Å²) in [5.74, 6) is -0.316. The fourth-order valence-corrected chi connectivity index (χ4v) is 3.87. The van der Waals surface area contributed by atoms with Gasteiger partial charge < -0.3 is 20.0 Å². The van der Waals surface area contributed by atoms with E-state index >= 15 is 0 Å². The van der Waals surface area contributed by atoms with Crippen LogP contribution >= 0.6 is 11.6 Å². The molecule has 12 heteroatoms. The van der Waals surface area contributed by atoms with Crippen molar-refractivity contribution in [3.8, 4) is 0 Å². The summed E-state index contributed by atoms with van der Waals surface area (Å²) in [5, 5.41) is 27.0. The second-order valence-corrected chi connectivity index (χ2v) is 8.35. The van der Waals surface area contributed by atoms with E-state index in [1.807, 2.05) is 25.1 Å². The molecule has 0 bridgehead atoms. The first-order valence-electron chi connectivity index (χ1n) is 10.4. The molecule has 0 saturated heterocycles. The largest absolute Gasteiger partial charge is 0.390 e. The molecular weight excluding hydrogens is 462 g/mol. The van der Waals surface area contributed by atoms with Crippen molar-refractivity contribution in [2.24, 2.45) is 0 Å². The van der Waals surface area contributed by atoms with Crippen molar-refractivity contribution in [1.82, 2.24) is 24.7 Å². The lowest BCUT2D eigenvalue weighted by Crippen LogP contribution is -2.17. The van der Waals surface area contributed by atoms with Gasteiger partial charge in [0.2, 0.25) is 0 Å². The quantitative estimate of drug-likeness (QED) is 0.307. The number of aromatic nitrogens is 5. The van der Waals surface area contributed by atoms with Crippen molar-refractivity contribution in [2.75, 3.05) is 5.32 Å². The Morgan fingerprint density at radius 1 is 1.15 bits per heavy atom. The van der Waals surface area contributed by atoms with Crippen LogP contribution in [0.2, 0.25) is 5.02 Å². The topological polar surface area (TPSA) is 134 Å². The van der Waals surface area contributed by atoms with Crippen molar-refractivity contribution >= 4 is 29.0 Å². The minimum Gasteiger partial charge on any atom is -0.361 e. The maximum atomic E-state index is 13.1. The number of carbonyl (C=O) groups is 1. The van der Waals surface area contributed by atoms with Crippen LogP contribution < -0.4 is 5.32 Å². The Labute approximate surface area is 199 Å². The molecule has 0 unspecified atom stereocenters. The third-order valence-electron chi connectivity index (χ3n) is 5.50. The molecule has 1 amide bonds. The van der Waals surface area contributed by atoms with E-state index in [0.717, 1.165) is 11.3 Å². The number of amides is 1. The molecule has 0 aliphatic carbocycles. The van der Waals surface area contributed by atoms with Crippen LogP contribution in [0.15, 0.2) is 34.9 Å². The first kappa shape index (κ1) is 23.2. The minimum atomic E-state index is -0.565. The molecule has 0 atom stereocenters. The minimum absolute atomic E-state index is 0.0800. The Morgan fingerprint density at radius 3 is 2.59 bits per heavy atom. The number of benzene rings is 1. The van der Waals surface area contributed by atoms with Crippen molar-refractivity contribution < 1.29 is 14.2 Å². The van der Waals surface area contributed by atoms with Crippen LogP contribution in [-0.2, 0) is 13.1 Å². The second-order valence-electron chi connectivity index (χ2n) is 7.91. The number of hydrogen-bond donors (Lipinski definition) is 1. The van der Waals surface area contributed by atoms with E-state index in [1.54, 1.807) is 31.5 Å². The molecule has 0 saturated carbocycles. The fourth-order valence-electron chi connectivity index (χ4n) is 3.66. The summed E-state index contributed by atoms with van der Waals surface area (Å²) in [6.07, 6.45) is 0. The van der Waals surface area contributed by atoms with Crippen LogP contribution in [0.25, 0.3) is 0 Å². The Hall–Kier alpha value is -3.99. The lowest BCUT2D eigenvalue weighted by atomic mass is 10.1. The van der Waals surface area contributed by atoms with Gasteiger partial charge in [-0.3, -0.25) is 9.48 Å². The van der Waals surface area contributed by atoms with Crippen LogP contribution in [0.1, 0.15) is 44.5 Å². The van der Waals surface area contributed by atoms with E-state index in [2.05, 4.69) is 20.7 Å². The maximum Gasteiger partial charge on any atom is 0.390 e. The molecule has 0 radical (unpaired) electrons. The number of halogens is 1. The zero-order valence-electron chi connectivity index (χ0n) is 19.0. The number of anilines is 1. The van der Waals surface area contributed by atoms with Gasteiger partial charge in [0.15, 0.2) is 5.69 Å². The van der Waals surface area contributed by atoms with Gasteiger partial charge in [-0.25, -0.2) is 0 Å². The number of nitrogens with zero attached hydrogens (tertiary/aromatic N) is 6. The van der Waals surface area contributed by atoms with Gasteiger partial charge in [0.05, 0.1) is 52.6 Å². The number of aryl methyl sites for hydroxylation is 3. The van der Waals surface area contributed by atoms with Gasteiger partial charge in [-0.2, -0.15) is 9.78 Å². The van der Waals surface area contributed by atoms with Crippen molar-refractivity contribution in [1.29, 1.82) is 0 Å². The SMILES string of the molecule is Cc1nn(Cc2cccc(Cl)c2)c(C)c1NC(=O)c1noc(C)c1Cn1nc([N+](=O)[O-])cc1C. The van der Waals surface area contributed by atoms with Gasteiger partial charge >= 0.3 is 5.82 Å². The van der Waals surface area contributed by atoms with E-state index in [-0.39, 0.29) is 18.1 Å². The van der Waals surface area contributed by atoms with Crippen molar-refractivity contribution in [3.05, 3.63) is 85.1 Å². The van der Waals surface area contributed by atoms with Crippen LogP contribution in [-0.4, -0.2) is 35.5 Å². The van der Waals surface area contributed by atoms with Crippen LogP contribution in [0, 0.1) is 37.8 Å². The lowest BCUT2D eigenvalue weighted by molar-refractivity contribution is -0.389. The summed E-state index contributed by atoms with van der Waals surface area (Å²) in [6, 6.07) is 8.85. The fraction of sp³-hybridized carbons (Fsp3) is 0.273. The van der Waals surface area contributed by atoms with E-state index < -0.39 is 10.8 Å². The number of nitro groups is 1. The van der Waals surface area contributed by atoms with Crippen LogP contribution in [0.3, 0.4) is 0 Å². The second kappa shape index (κ2) is 9.10. The highest BCUT2D eigenvalue weighted by molar-refractivity contribution is 6.30. The summed E-state index contributed by atoms with van der Waals surface area (Å²) in [6.45, 7) is 7.63. The molecule has 1 N–H and O–H groups in total. The zero-order valence-corrected chi connectivity index (χ0v) is 19.8. The van der Waals surface area contributed by atoms with Crippen molar-refractivity contribution in [3.63, 3.8) is 0 Å². The molecule has 3 heterocycles. The summed E-state index contributed by atoms with van der Waals surface area (Å²) in [7, 11) is 0. The van der Waals surface area contributed by atoms with Gasteiger partial charge in [-0.1, -0.05) is 28.9 Å². The Bertz CT molecular complexity index is 1400. The third-order valence-corrected chi connectivity index (χ3v) is 5.74. The molecule has 0 aliphatic rings. The van der Waals surface area contributed by atoms with E-state index in [9.17, 15) is 14.9 Å². The summed E-state index contributed by atoms with van der Waals surface area (Å²) >= 11 is 6.08. The first-order valence-corrected chi connectivity index (χ1v) is 10.8. The van der Waals surface area contributed by atoms with Crippen molar-refractivity contribution in [2.45, 2.75) is 40.8 Å². The highest BCUT2D eigenvalue weighted by Crippen LogP contribution is 2.24. The predicted molar refractivity (Wildman–Crippen MR) is 124 cm³/mol. The third kappa shape index (κ3) is 4.55. The molecular formula is C22H22ClN7O4. The Kier molecular flexibility index (Phi) is 6.20. The first-order chi connectivity index (χ1) is 16.1. The van der Waals surface area contributed by atoms with Crippen LogP contribution in [0.5, 0.6) is 0 Å². The average molecular weight is 484 g/mol. The van der Waals surface area contributed by atoms with E-state index in [0.29, 0.717) is 40.0 Å². The van der Waals surface area contributed by atoms with Gasteiger partial charge in [0.1, 0.15) is 5.76 Å². The smallest absolute Gasteiger partial charge is 0.361 e. The number of rotatable bonds is 7. The number of carbonyl (C=O) groups excluding carboxylic acids is 1. The number of nitrogens with one attached hydrogen (secondary N) is 1. The van der Waals surface area contributed by atoms with E-state index in [1.165, 1.54) is 10.7 Å².